The van der Waals surface area contributed by atoms with Crippen LogP contribution < -0.4 is 0 Å². The standard InChI is InChI=1S/C11H9Cl2N3OS/c1-16-4-14-11(15-16)10-8(17)6-2-5(12)3-7(13)9(6)18-10/h2-4,8,10,17H,1H3/t8-,10+/m0/s1. The van der Waals surface area contributed by atoms with Crippen molar-refractivity contribution < 1.29 is 5.11 Å². The SMILES string of the molecule is Cn1cnc([C@@H]2Sc3c(Cl)cc(Cl)cc3[C@@H]2O)n1. The molecule has 2 atom stereocenters. The topological polar surface area (TPSA) is 50.9 Å². The summed E-state index contributed by atoms with van der Waals surface area (Å²) in [6.07, 6.45) is 0.920. The predicted molar refractivity (Wildman–Crippen MR) is 71.0 cm³/mol. The van der Waals surface area contributed by atoms with Crippen molar-refractivity contribution in [2.45, 2.75) is 16.2 Å². The van der Waals surface area contributed by atoms with Crippen molar-refractivity contribution in [1.29, 1.82) is 0 Å². The molecule has 7 heteroatoms. The van der Waals surface area contributed by atoms with E-state index in [-0.39, 0.29) is 5.25 Å². The number of hydrogen-bond acceptors (Lipinski definition) is 4. The highest BCUT2D eigenvalue weighted by atomic mass is 35.5. The smallest absolute Gasteiger partial charge is 0.166 e. The van der Waals surface area contributed by atoms with Gasteiger partial charge in [0.2, 0.25) is 0 Å². The summed E-state index contributed by atoms with van der Waals surface area (Å²) in [6.45, 7) is 0. The molecule has 0 aliphatic carbocycles. The molecular weight excluding hydrogens is 293 g/mol. The van der Waals surface area contributed by atoms with Crippen LogP contribution in [0.3, 0.4) is 0 Å². The Morgan fingerprint density at radius 1 is 1.39 bits per heavy atom. The summed E-state index contributed by atoms with van der Waals surface area (Å²) >= 11 is 13.6. The monoisotopic (exact) mass is 301 g/mol. The molecule has 0 saturated carbocycles. The van der Waals surface area contributed by atoms with E-state index in [1.165, 1.54) is 11.8 Å². The van der Waals surface area contributed by atoms with E-state index >= 15 is 0 Å². The molecule has 1 aliphatic rings. The molecule has 1 aromatic carbocycles. The van der Waals surface area contributed by atoms with E-state index in [1.807, 2.05) is 0 Å². The van der Waals surface area contributed by atoms with E-state index in [0.717, 1.165) is 10.5 Å². The van der Waals surface area contributed by atoms with Gasteiger partial charge in [-0.2, -0.15) is 5.10 Å². The molecule has 4 nitrogen and oxygen atoms in total. The second-order valence-electron chi connectivity index (χ2n) is 4.07. The molecule has 2 aromatic rings. The first-order valence-corrected chi connectivity index (χ1v) is 6.89. The molecule has 0 unspecified atom stereocenters. The lowest BCUT2D eigenvalue weighted by Gasteiger charge is -2.09. The molecule has 0 spiro atoms. The van der Waals surface area contributed by atoms with Crippen LogP contribution in [0.1, 0.15) is 22.7 Å². The Balaban J connectivity index is 2.03. The molecule has 18 heavy (non-hydrogen) atoms. The summed E-state index contributed by atoms with van der Waals surface area (Å²) in [5.74, 6) is 0.596. The molecule has 0 amide bonds. The van der Waals surface area contributed by atoms with Gasteiger partial charge in [-0.15, -0.1) is 11.8 Å². The lowest BCUT2D eigenvalue weighted by atomic mass is 10.1. The number of aliphatic hydroxyl groups is 1. The van der Waals surface area contributed by atoms with Crippen LogP contribution in [0.15, 0.2) is 23.4 Å². The van der Waals surface area contributed by atoms with Crippen LogP contribution in [0.5, 0.6) is 0 Å². The Morgan fingerprint density at radius 2 is 2.17 bits per heavy atom. The Kier molecular flexibility index (Phi) is 3.02. The van der Waals surface area contributed by atoms with E-state index < -0.39 is 6.10 Å². The van der Waals surface area contributed by atoms with Gasteiger partial charge in [-0.05, 0) is 17.7 Å². The number of thioether (sulfide) groups is 1. The van der Waals surface area contributed by atoms with Gasteiger partial charge in [-0.25, -0.2) is 4.98 Å². The Morgan fingerprint density at radius 3 is 2.83 bits per heavy atom. The number of fused-ring (bicyclic) bond motifs is 1. The molecule has 3 rings (SSSR count). The fraction of sp³-hybridized carbons (Fsp3) is 0.273. The zero-order valence-corrected chi connectivity index (χ0v) is 11.7. The Hall–Kier alpha value is -0.750. The van der Waals surface area contributed by atoms with Crippen molar-refractivity contribution >= 4 is 35.0 Å². The number of rotatable bonds is 1. The van der Waals surface area contributed by atoms with Crippen LogP contribution in [0.4, 0.5) is 0 Å². The minimum atomic E-state index is -0.691. The second kappa shape index (κ2) is 4.42. The normalized spacial score (nSPS) is 22.2. The zero-order valence-electron chi connectivity index (χ0n) is 9.34. The first-order valence-electron chi connectivity index (χ1n) is 5.25. The van der Waals surface area contributed by atoms with E-state index in [0.29, 0.717) is 15.9 Å². The van der Waals surface area contributed by atoms with Gasteiger partial charge in [0, 0.05) is 17.0 Å². The quantitative estimate of drug-likeness (QED) is 0.880. The average Bonchev–Trinajstić information content (AvgIpc) is 2.85. The Bertz CT molecular complexity index is 616. The fourth-order valence-corrected chi connectivity index (χ4v) is 3.83. The molecule has 1 aliphatic heterocycles. The van der Waals surface area contributed by atoms with Gasteiger partial charge in [-0.3, -0.25) is 4.68 Å². The third-order valence-corrected chi connectivity index (χ3v) is 4.80. The van der Waals surface area contributed by atoms with E-state index in [1.54, 1.807) is 30.2 Å². The molecule has 0 bridgehead atoms. The van der Waals surface area contributed by atoms with Gasteiger partial charge in [0.25, 0.3) is 0 Å². The number of hydrogen-bond donors (Lipinski definition) is 1. The summed E-state index contributed by atoms with van der Waals surface area (Å²) in [5, 5.41) is 15.4. The maximum Gasteiger partial charge on any atom is 0.166 e. The maximum absolute atomic E-state index is 10.3. The van der Waals surface area contributed by atoms with Crippen molar-refractivity contribution in [2.24, 2.45) is 7.05 Å². The van der Waals surface area contributed by atoms with E-state index in [9.17, 15) is 5.11 Å². The van der Waals surface area contributed by atoms with Crippen LogP contribution in [0, 0.1) is 0 Å². The molecule has 0 radical (unpaired) electrons. The zero-order chi connectivity index (χ0) is 12.9. The number of aryl methyl sites for hydroxylation is 1. The first kappa shape index (κ1) is 12.3. The number of aromatic nitrogens is 3. The van der Waals surface area contributed by atoms with Crippen LogP contribution >= 0.6 is 35.0 Å². The average molecular weight is 302 g/mol. The summed E-state index contributed by atoms with van der Waals surface area (Å²) in [4.78, 5) is 5.03. The van der Waals surface area contributed by atoms with Gasteiger partial charge in [0.05, 0.1) is 11.1 Å². The first-order chi connectivity index (χ1) is 8.56. The van der Waals surface area contributed by atoms with Crippen molar-refractivity contribution in [1.82, 2.24) is 14.8 Å². The summed E-state index contributed by atoms with van der Waals surface area (Å²) in [6, 6.07) is 3.42. The van der Waals surface area contributed by atoms with Gasteiger partial charge in [0.1, 0.15) is 11.6 Å². The highest BCUT2D eigenvalue weighted by Gasteiger charge is 2.37. The van der Waals surface area contributed by atoms with Crippen molar-refractivity contribution in [3.05, 3.63) is 39.9 Å². The number of halogens is 2. The van der Waals surface area contributed by atoms with Gasteiger partial charge in [-0.1, -0.05) is 23.2 Å². The molecule has 1 N–H and O–H groups in total. The minimum Gasteiger partial charge on any atom is -0.387 e. The Labute approximate surface area is 118 Å². The molecule has 0 saturated heterocycles. The number of nitrogens with zero attached hydrogens (tertiary/aromatic N) is 3. The highest BCUT2D eigenvalue weighted by Crippen LogP contribution is 2.55. The van der Waals surface area contributed by atoms with Gasteiger partial charge < -0.3 is 5.11 Å². The predicted octanol–water partition coefficient (Wildman–Crippen LogP) is 3.00. The summed E-state index contributed by atoms with van der Waals surface area (Å²) < 4.78 is 1.61. The van der Waals surface area contributed by atoms with Crippen molar-refractivity contribution in [3.8, 4) is 0 Å². The molecule has 0 fully saturated rings. The van der Waals surface area contributed by atoms with Crippen molar-refractivity contribution in [2.75, 3.05) is 0 Å². The lowest BCUT2D eigenvalue weighted by Crippen LogP contribution is -2.04. The minimum absolute atomic E-state index is 0.239. The van der Waals surface area contributed by atoms with Gasteiger partial charge >= 0.3 is 0 Å². The number of benzene rings is 1. The number of aliphatic hydroxyl groups excluding tert-OH is 1. The summed E-state index contributed by atoms with van der Waals surface area (Å²) in [5.41, 5.74) is 0.745. The van der Waals surface area contributed by atoms with Crippen molar-refractivity contribution in [3.63, 3.8) is 0 Å². The molecule has 2 heterocycles. The van der Waals surface area contributed by atoms with Crippen LogP contribution in [-0.2, 0) is 7.05 Å². The lowest BCUT2D eigenvalue weighted by molar-refractivity contribution is 0.174. The third-order valence-electron chi connectivity index (χ3n) is 2.76. The largest absolute Gasteiger partial charge is 0.387 e. The third kappa shape index (κ3) is 1.91. The molecule has 94 valence electrons. The maximum atomic E-state index is 10.3. The molecular formula is C11H9Cl2N3OS. The fourth-order valence-electron chi connectivity index (χ4n) is 1.96. The second-order valence-corrected chi connectivity index (χ2v) is 6.06. The van der Waals surface area contributed by atoms with E-state index in [2.05, 4.69) is 10.1 Å². The van der Waals surface area contributed by atoms with Crippen LogP contribution in [-0.4, -0.2) is 19.9 Å². The van der Waals surface area contributed by atoms with E-state index in [4.69, 9.17) is 23.2 Å². The highest BCUT2D eigenvalue weighted by molar-refractivity contribution is 8.00. The van der Waals surface area contributed by atoms with Crippen LogP contribution in [0.25, 0.3) is 0 Å². The van der Waals surface area contributed by atoms with Gasteiger partial charge in [0.15, 0.2) is 5.82 Å². The summed E-state index contributed by atoms with van der Waals surface area (Å²) in [7, 11) is 1.79. The molecule has 1 aromatic heterocycles. The van der Waals surface area contributed by atoms with Crippen LogP contribution in [0.2, 0.25) is 10.0 Å².